The third kappa shape index (κ3) is 3.04. The fourth-order valence-electron chi connectivity index (χ4n) is 1.67. The van der Waals surface area contributed by atoms with Crippen LogP contribution in [0.15, 0.2) is 6.20 Å². The number of nitrogens with one attached hydrogen (secondary N) is 1. The van der Waals surface area contributed by atoms with E-state index in [1.165, 1.54) is 11.3 Å². The number of nitrogens with zero attached hydrogens (tertiary/aromatic N) is 3. The van der Waals surface area contributed by atoms with Gasteiger partial charge in [-0.3, -0.25) is 10.1 Å². The summed E-state index contributed by atoms with van der Waals surface area (Å²) in [5, 5.41) is 6.62. The highest BCUT2D eigenvalue weighted by molar-refractivity contribution is 5.20. The van der Waals surface area contributed by atoms with Gasteiger partial charge in [0.1, 0.15) is 0 Å². The van der Waals surface area contributed by atoms with Crippen molar-refractivity contribution in [3.63, 3.8) is 0 Å². The molecule has 0 radical (unpaired) electrons. The molecule has 5 nitrogen and oxygen atoms in total. The minimum Gasteiger partial charge on any atom is -0.383 e. The molecule has 0 amide bonds. The maximum atomic E-state index is 5.01. The van der Waals surface area contributed by atoms with Crippen LogP contribution in [0.25, 0.3) is 0 Å². The summed E-state index contributed by atoms with van der Waals surface area (Å²) in [4.78, 5) is 0. The van der Waals surface area contributed by atoms with E-state index in [0.717, 1.165) is 26.2 Å². The second kappa shape index (κ2) is 6.62. The number of hydrazine groups is 1. The third-order valence-corrected chi connectivity index (χ3v) is 2.47. The molecule has 0 aromatic carbocycles. The third-order valence-electron chi connectivity index (χ3n) is 2.47. The van der Waals surface area contributed by atoms with Crippen LogP contribution in [0.1, 0.15) is 25.1 Å². The quantitative estimate of drug-likeness (QED) is 0.832. The van der Waals surface area contributed by atoms with Crippen LogP contribution >= 0.6 is 0 Å². The molecular weight excluding hydrogens is 204 g/mol. The zero-order chi connectivity index (χ0) is 12.0. The van der Waals surface area contributed by atoms with E-state index in [1.807, 2.05) is 25.6 Å². The highest BCUT2D eigenvalue weighted by Gasteiger charge is 2.20. The number of hydrogen-bond acceptors (Lipinski definition) is 4. The Labute approximate surface area is 97.4 Å². The molecule has 1 N–H and O–H groups in total. The van der Waals surface area contributed by atoms with Crippen LogP contribution < -0.4 is 5.43 Å². The SMILES string of the molecule is CC.CNN1Cc2cn(CCOC)nc2C1. The van der Waals surface area contributed by atoms with Crippen molar-refractivity contribution >= 4 is 0 Å². The Morgan fingerprint density at radius 1 is 1.44 bits per heavy atom. The lowest BCUT2D eigenvalue weighted by atomic mass is 10.3. The van der Waals surface area contributed by atoms with E-state index in [4.69, 9.17) is 4.74 Å². The van der Waals surface area contributed by atoms with E-state index in [2.05, 4.69) is 21.7 Å². The van der Waals surface area contributed by atoms with Crippen molar-refractivity contribution < 1.29 is 4.74 Å². The van der Waals surface area contributed by atoms with E-state index >= 15 is 0 Å². The van der Waals surface area contributed by atoms with Gasteiger partial charge in [0.05, 0.1) is 25.4 Å². The number of rotatable bonds is 4. The molecular formula is C11H22N4O. The van der Waals surface area contributed by atoms with Gasteiger partial charge in [-0.25, -0.2) is 5.01 Å². The Bertz CT molecular complexity index is 287. The van der Waals surface area contributed by atoms with Crippen LogP contribution in [-0.4, -0.2) is 35.6 Å². The van der Waals surface area contributed by atoms with Crippen LogP contribution in [-0.2, 0) is 24.4 Å². The zero-order valence-electron chi connectivity index (χ0n) is 10.7. The molecule has 92 valence electrons. The molecule has 0 aliphatic carbocycles. The van der Waals surface area contributed by atoms with Gasteiger partial charge in [-0.15, -0.1) is 0 Å². The smallest absolute Gasteiger partial charge is 0.0825 e. The van der Waals surface area contributed by atoms with Gasteiger partial charge in [0.2, 0.25) is 0 Å². The van der Waals surface area contributed by atoms with Crippen molar-refractivity contribution in [3.05, 3.63) is 17.5 Å². The molecule has 1 aromatic heterocycles. The van der Waals surface area contributed by atoms with E-state index in [1.54, 1.807) is 7.11 Å². The van der Waals surface area contributed by atoms with Crippen molar-refractivity contribution in [2.75, 3.05) is 20.8 Å². The fourth-order valence-corrected chi connectivity index (χ4v) is 1.67. The first-order chi connectivity index (χ1) is 7.83. The summed E-state index contributed by atoms with van der Waals surface area (Å²) in [6.07, 6.45) is 2.10. The monoisotopic (exact) mass is 226 g/mol. The zero-order valence-corrected chi connectivity index (χ0v) is 10.7. The summed E-state index contributed by atoms with van der Waals surface area (Å²) < 4.78 is 6.96. The summed E-state index contributed by atoms with van der Waals surface area (Å²) in [5.74, 6) is 0. The first-order valence-electron chi connectivity index (χ1n) is 5.80. The van der Waals surface area contributed by atoms with Gasteiger partial charge in [0.15, 0.2) is 0 Å². The minimum atomic E-state index is 0.719. The summed E-state index contributed by atoms with van der Waals surface area (Å²) in [6.45, 7) is 7.39. The Morgan fingerprint density at radius 3 is 2.75 bits per heavy atom. The van der Waals surface area contributed by atoms with Crippen molar-refractivity contribution in [1.82, 2.24) is 20.2 Å². The first kappa shape index (κ1) is 13.2. The Hall–Kier alpha value is -0.910. The topological polar surface area (TPSA) is 42.3 Å². The molecule has 2 heterocycles. The van der Waals surface area contributed by atoms with E-state index in [9.17, 15) is 0 Å². The summed E-state index contributed by atoms with van der Waals surface area (Å²) in [6, 6.07) is 0. The highest BCUT2D eigenvalue weighted by atomic mass is 16.5. The summed E-state index contributed by atoms with van der Waals surface area (Å²) >= 11 is 0. The predicted octanol–water partition coefficient (Wildman–Crippen LogP) is 1.01. The normalized spacial score (nSPS) is 14.5. The van der Waals surface area contributed by atoms with Crippen LogP contribution in [0.3, 0.4) is 0 Å². The van der Waals surface area contributed by atoms with Gasteiger partial charge >= 0.3 is 0 Å². The maximum Gasteiger partial charge on any atom is 0.0825 e. The number of fused-ring (bicyclic) bond motifs is 1. The highest BCUT2D eigenvalue weighted by Crippen LogP contribution is 2.18. The van der Waals surface area contributed by atoms with Crippen molar-refractivity contribution in [2.45, 2.75) is 33.5 Å². The standard InChI is InChI=1S/C9H16N4O.C2H6/c1-10-13-6-8-5-12(3-4-14-2)11-9(8)7-13;1-2/h5,10H,3-4,6-7H2,1-2H3;1-2H3. The van der Waals surface area contributed by atoms with Crippen molar-refractivity contribution in [1.29, 1.82) is 0 Å². The molecule has 1 aliphatic rings. The molecule has 2 rings (SSSR count). The van der Waals surface area contributed by atoms with Crippen LogP contribution in [0.2, 0.25) is 0 Å². The molecule has 0 unspecified atom stereocenters. The number of hydrogen-bond donors (Lipinski definition) is 1. The van der Waals surface area contributed by atoms with Crippen molar-refractivity contribution in [2.24, 2.45) is 0 Å². The number of methoxy groups -OCH3 is 1. The Kier molecular flexibility index (Phi) is 5.45. The summed E-state index contributed by atoms with van der Waals surface area (Å²) in [7, 11) is 3.64. The lowest BCUT2D eigenvalue weighted by Crippen LogP contribution is -2.29. The van der Waals surface area contributed by atoms with E-state index in [0.29, 0.717) is 0 Å². The summed E-state index contributed by atoms with van der Waals surface area (Å²) in [5.41, 5.74) is 5.61. The predicted molar refractivity (Wildman–Crippen MR) is 63.8 cm³/mol. The van der Waals surface area contributed by atoms with E-state index in [-0.39, 0.29) is 0 Å². The molecule has 0 saturated carbocycles. The lowest BCUT2D eigenvalue weighted by Gasteiger charge is -2.12. The van der Waals surface area contributed by atoms with Crippen LogP contribution in [0.5, 0.6) is 0 Å². The molecule has 1 aromatic rings. The lowest BCUT2D eigenvalue weighted by molar-refractivity contribution is 0.181. The molecule has 0 bridgehead atoms. The van der Waals surface area contributed by atoms with Gasteiger partial charge < -0.3 is 4.74 Å². The minimum absolute atomic E-state index is 0.719. The molecule has 0 spiro atoms. The van der Waals surface area contributed by atoms with Gasteiger partial charge in [-0.1, -0.05) is 13.8 Å². The molecule has 0 fully saturated rings. The largest absolute Gasteiger partial charge is 0.383 e. The Morgan fingerprint density at radius 2 is 2.19 bits per heavy atom. The van der Waals surface area contributed by atoms with Crippen LogP contribution in [0.4, 0.5) is 0 Å². The molecule has 0 atom stereocenters. The molecule has 5 heteroatoms. The van der Waals surface area contributed by atoms with Gasteiger partial charge in [-0.2, -0.15) is 5.10 Å². The molecule has 1 aliphatic heterocycles. The Balaban J connectivity index is 0.000000606. The average Bonchev–Trinajstić information content (AvgIpc) is 2.86. The maximum absolute atomic E-state index is 5.01. The van der Waals surface area contributed by atoms with Gasteiger partial charge in [0, 0.05) is 25.4 Å². The van der Waals surface area contributed by atoms with E-state index < -0.39 is 0 Å². The van der Waals surface area contributed by atoms with Gasteiger partial charge in [-0.05, 0) is 7.05 Å². The average molecular weight is 226 g/mol. The van der Waals surface area contributed by atoms with Crippen LogP contribution in [0, 0.1) is 0 Å². The molecule has 16 heavy (non-hydrogen) atoms. The number of aromatic nitrogens is 2. The fraction of sp³-hybridized carbons (Fsp3) is 0.727. The molecule has 0 saturated heterocycles. The van der Waals surface area contributed by atoms with Crippen molar-refractivity contribution in [3.8, 4) is 0 Å². The second-order valence-corrected chi connectivity index (χ2v) is 3.44. The van der Waals surface area contributed by atoms with Gasteiger partial charge in [0.25, 0.3) is 0 Å². The number of ether oxygens (including phenoxy) is 1. The second-order valence-electron chi connectivity index (χ2n) is 3.44. The first-order valence-corrected chi connectivity index (χ1v) is 5.80.